The minimum absolute atomic E-state index is 0.113. The molecule has 27 heavy (non-hydrogen) atoms. The van der Waals surface area contributed by atoms with Crippen LogP contribution >= 0.6 is 0 Å². The minimum Gasteiger partial charge on any atom is -0.434 e. The average Bonchev–Trinajstić information content (AvgIpc) is 2.61. The fourth-order valence-corrected chi connectivity index (χ4v) is 3.93. The molecule has 1 saturated heterocycles. The Morgan fingerprint density at radius 1 is 1.26 bits per heavy atom. The van der Waals surface area contributed by atoms with Crippen molar-refractivity contribution in [1.82, 2.24) is 15.5 Å². The monoisotopic (exact) mass is 404 g/mol. The molecule has 0 aliphatic carbocycles. The number of hydrogen-bond donors (Lipinski definition) is 2. The lowest BCUT2D eigenvalue weighted by molar-refractivity contribution is -0.0504. The number of sulfone groups is 1. The van der Waals surface area contributed by atoms with Crippen LogP contribution in [0.4, 0.5) is 8.78 Å². The van der Waals surface area contributed by atoms with Crippen LogP contribution in [0.15, 0.2) is 29.3 Å². The smallest absolute Gasteiger partial charge is 0.387 e. The first-order valence-electron chi connectivity index (χ1n) is 8.87. The summed E-state index contributed by atoms with van der Waals surface area (Å²) >= 11 is 0. The Morgan fingerprint density at radius 2 is 1.96 bits per heavy atom. The summed E-state index contributed by atoms with van der Waals surface area (Å²) in [5, 5.41) is 6.28. The zero-order chi connectivity index (χ0) is 19.7. The minimum atomic E-state index is -2.88. The number of nitrogens with one attached hydrogen (secondary N) is 2. The number of halogens is 2. The van der Waals surface area contributed by atoms with Gasteiger partial charge in [-0.3, -0.25) is 4.90 Å². The molecule has 0 spiro atoms. The number of rotatable bonds is 8. The Hall–Kier alpha value is -1.94. The lowest BCUT2D eigenvalue weighted by Crippen LogP contribution is -2.45. The summed E-state index contributed by atoms with van der Waals surface area (Å²) in [4.78, 5) is 6.50. The van der Waals surface area contributed by atoms with Crippen molar-refractivity contribution in [3.05, 3.63) is 29.8 Å². The molecular weight excluding hydrogens is 378 g/mol. The first-order valence-corrected chi connectivity index (χ1v) is 10.7. The average molecular weight is 404 g/mol. The summed E-state index contributed by atoms with van der Waals surface area (Å²) in [7, 11) is -2.88. The van der Waals surface area contributed by atoms with Crippen molar-refractivity contribution < 1.29 is 21.9 Å². The molecule has 0 amide bonds. The van der Waals surface area contributed by atoms with E-state index < -0.39 is 16.4 Å². The molecule has 1 aromatic carbocycles. The molecule has 10 heteroatoms. The number of hydrogen-bond acceptors (Lipinski definition) is 5. The van der Waals surface area contributed by atoms with Crippen molar-refractivity contribution in [2.24, 2.45) is 4.99 Å². The summed E-state index contributed by atoms with van der Waals surface area (Å²) in [6.45, 7) is 2.27. The highest BCUT2D eigenvalue weighted by atomic mass is 32.2. The van der Waals surface area contributed by atoms with Crippen LogP contribution in [0.2, 0.25) is 0 Å². The predicted octanol–water partition coefficient (Wildman–Crippen LogP) is 1.07. The third-order valence-electron chi connectivity index (χ3n) is 4.10. The highest BCUT2D eigenvalue weighted by Gasteiger charge is 2.20. The molecule has 0 unspecified atom stereocenters. The van der Waals surface area contributed by atoms with Gasteiger partial charge in [0.05, 0.1) is 18.1 Å². The van der Waals surface area contributed by atoms with Crippen molar-refractivity contribution in [3.63, 3.8) is 0 Å². The van der Waals surface area contributed by atoms with Crippen molar-refractivity contribution in [2.45, 2.75) is 20.1 Å². The van der Waals surface area contributed by atoms with Gasteiger partial charge in [0.15, 0.2) is 15.8 Å². The SMILES string of the molecule is CCNC(=NCc1ccccc1OC(F)F)NCCN1CCS(=O)(=O)CC1. The van der Waals surface area contributed by atoms with Crippen LogP contribution in [0.3, 0.4) is 0 Å². The van der Waals surface area contributed by atoms with E-state index in [1.54, 1.807) is 18.2 Å². The number of nitrogens with zero attached hydrogens (tertiary/aromatic N) is 2. The van der Waals surface area contributed by atoms with Gasteiger partial charge in [0, 0.05) is 38.3 Å². The van der Waals surface area contributed by atoms with E-state index in [9.17, 15) is 17.2 Å². The zero-order valence-electron chi connectivity index (χ0n) is 15.3. The van der Waals surface area contributed by atoms with Gasteiger partial charge in [-0.25, -0.2) is 13.4 Å². The fourth-order valence-electron chi connectivity index (χ4n) is 2.66. The van der Waals surface area contributed by atoms with Crippen LogP contribution in [0, 0.1) is 0 Å². The molecule has 0 aromatic heterocycles. The first kappa shape index (κ1) is 21.4. The maximum Gasteiger partial charge on any atom is 0.387 e. The van der Waals surface area contributed by atoms with Gasteiger partial charge in [-0.1, -0.05) is 18.2 Å². The van der Waals surface area contributed by atoms with Crippen LogP contribution < -0.4 is 15.4 Å². The van der Waals surface area contributed by atoms with Crippen molar-refractivity contribution >= 4 is 15.8 Å². The first-order chi connectivity index (χ1) is 12.9. The second kappa shape index (κ2) is 10.4. The Bertz CT molecular complexity index is 715. The largest absolute Gasteiger partial charge is 0.434 e. The molecule has 0 atom stereocenters. The number of alkyl halides is 2. The molecule has 152 valence electrons. The van der Waals surface area contributed by atoms with E-state index in [1.165, 1.54) is 6.07 Å². The molecule has 1 aliphatic heterocycles. The van der Waals surface area contributed by atoms with E-state index in [0.717, 1.165) is 0 Å². The van der Waals surface area contributed by atoms with Crippen molar-refractivity contribution in [3.8, 4) is 5.75 Å². The predicted molar refractivity (Wildman–Crippen MR) is 101 cm³/mol. The molecule has 1 heterocycles. The lowest BCUT2D eigenvalue weighted by atomic mass is 10.2. The summed E-state index contributed by atoms with van der Waals surface area (Å²) in [6, 6.07) is 6.56. The third kappa shape index (κ3) is 7.67. The number of ether oxygens (including phenoxy) is 1. The van der Waals surface area contributed by atoms with Gasteiger partial charge in [-0.05, 0) is 13.0 Å². The van der Waals surface area contributed by atoms with Crippen LogP contribution in [-0.4, -0.2) is 70.1 Å². The number of aliphatic imine (C=N–C) groups is 1. The van der Waals surface area contributed by atoms with Gasteiger partial charge in [0.25, 0.3) is 0 Å². The van der Waals surface area contributed by atoms with Gasteiger partial charge < -0.3 is 15.4 Å². The van der Waals surface area contributed by atoms with Gasteiger partial charge in [0.1, 0.15) is 5.75 Å². The fraction of sp³-hybridized carbons (Fsp3) is 0.588. The van der Waals surface area contributed by atoms with Gasteiger partial charge in [-0.2, -0.15) is 8.78 Å². The molecule has 2 N–H and O–H groups in total. The summed E-state index contributed by atoms with van der Waals surface area (Å²) < 4.78 is 52.4. The maximum atomic E-state index is 12.5. The second-order valence-corrected chi connectivity index (χ2v) is 8.41. The highest BCUT2D eigenvalue weighted by molar-refractivity contribution is 7.91. The molecule has 0 bridgehead atoms. The maximum absolute atomic E-state index is 12.5. The highest BCUT2D eigenvalue weighted by Crippen LogP contribution is 2.20. The molecule has 1 aliphatic rings. The van der Waals surface area contributed by atoms with E-state index in [4.69, 9.17) is 0 Å². The molecular formula is C17H26F2N4O3S. The van der Waals surface area contributed by atoms with E-state index >= 15 is 0 Å². The standard InChI is InChI=1S/C17H26F2N4O3S/c1-2-20-17(21-7-8-23-9-11-27(24,25)12-10-23)22-13-14-5-3-4-6-15(14)26-16(18)19/h3-6,16H,2,7-13H2,1H3,(H2,20,21,22). The Balaban J connectivity index is 1.87. The van der Waals surface area contributed by atoms with E-state index in [0.29, 0.717) is 44.2 Å². The Kier molecular flexibility index (Phi) is 8.23. The van der Waals surface area contributed by atoms with Crippen LogP contribution in [0.25, 0.3) is 0 Å². The number of benzene rings is 1. The number of para-hydroxylation sites is 1. The molecule has 1 aromatic rings. The topological polar surface area (TPSA) is 83.0 Å². The Morgan fingerprint density at radius 3 is 2.63 bits per heavy atom. The quantitative estimate of drug-likeness (QED) is 0.498. The summed E-state index contributed by atoms with van der Waals surface area (Å²) in [6.07, 6.45) is 0. The van der Waals surface area contributed by atoms with Crippen LogP contribution in [0.5, 0.6) is 5.75 Å². The molecule has 7 nitrogen and oxygen atoms in total. The molecule has 0 radical (unpaired) electrons. The van der Waals surface area contributed by atoms with E-state index in [-0.39, 0.29) is 23.8 Å². The second-order valence-electron chi connectivity index (χ2n) is 6.10. The van der Waals surface area contributed by atoms with Crippen LogP contribution in [-0.2, 0) is 16.4 Å². The van der Waals surface area contributed by atoms with Gasteiger partial charge in [0.2, 0.25) is 0 Å². The van der Waals surface area contributed by atoms with Gasteiger partial charge in [-0.15, -0.1) is 0 Å². The Labute approximate surface area is 158 Å². The molecule has 2 rings (SSSR count). The lowest BCUT2D eigenvalue weighted by Gasteiger charge is -2.26. The molecule has 1 fully saturated rings. The zero-order valence-corrected chi connectivity index (χ0v) is 16.1. The summed E-state index contributed by atoms with van der Waals surface area (Å²) in [5.41, 5.74) is 0.566. The van der Waals surface area contributed by atoms with Crippen molar-refractivity contribution in [1.29, 1.82) is 0 Å². The summed E-state index contributed by atoms with van der Waals surface area (Å²) in [5.74, 6) is 1.07. The normalized spacial score (nSPS) is 17.7. The van der Waals surface area contributed by atoms with Gasteiger partial charge >= 0.3 is 6.61 Å². The molecule has 0 saturated carbocycles. The van der Waals surface area contributed by atoms with E-state index in [2.05, 4.69) is 25.3 Å². The van der Waals surface area contributed by atoms with Crippen LogP contribution in [0.1, 0.15) is 12.5 Å². The van der Waals surface area contributed by atoms with E-state index in [1.807, 2.05) is 6.92 Å². The number of guanidine groups is 1. The van der Waals surface area contributed by atoms with Crippen molar-refractivity contribution in [2.75, 3.05) is 44.2 Å². The third-order valence-corrected chi connectivity index (χ3v) is 5.71.